The van der Waals surface area contributed by atoms with Gasteiger partial charge in [0.2, 0.25) is 0 Å². The molecule has 0 saturated carbocycles. The highest BCUT2D eigenvalue weighted by Crippen LogP contribution is 2.29. The number of carbonyl (C=O) groups is 1. The van der Waals surface area contributed by atoms with Gasteiger partial charge in [0.1, 0.15) is 17.5 Å². The molecule has 0 aliphatic heterocycles. The Kier molecular flexibility index (Phi) is 4.63. The third-order valence-electron chi connectivity index (χ3n) is 2.44. The SMILES string of the molecule is CCC(Nc1ccc(OC)cc1OC)C(=O)O. The summed E-state index contributed by atoms with van der Waals surface area (Å²) < 4.78 is 10.2. The average Bonchev–Trinajstić information content (AvgIpc) is 2.35. The zero-order chi connectivity index (χ0) is 12.8. The fourth-order valence-corrected chi connectivity index (χ4v) is 1.44. The van der Waals surface area contributed by atoms with E-state index in [9.17, 15) is 4.79 Å². The largest absolute Gasteiger partial charge is 0.497 e. The van der Waals surface area contributed by atoms with Gasteiger partial charge >= 0.3 is 5.97 Å². The highest BCUT2D eigenvalue weighted by Gasteiger charge is 2.16. The lowest BCUT2D eigenvalue weighted by Gasteiger charge is -2.16. The summed E-state index contributed by atoms with van der Waals surface area (Å²) in [6.07, 6.45) is 0.491. The van der Waals surface area contributed by atoms with E-state index >= 15 is 0 Å². The first kappa shape index (κ1) is 13.2. The Bertz CT molecular complexity index is 392. The van der Waals surface area contributed by atoms with Crippen molar-refractivity contribution in [3.05, 3.63) is 18.2 Å². The maximum Gasteiger partial charge on any atom is 0.326 e. The summed E-state index contributed by atoms with van der Waals surface area (Å²) in [6, 6.07) is 4.57. The summed E-state index contributed by atoms with van der Waals surface area (Å²) in [5.74, 6) is 0.338. The number of aliphatic carboxylic acids is 1. The monoisotopic (exact) mass is 239 g/mol. The van der Waals surface area contributed by atoms with Crippen molar-refractivity contribution in [1.29, 1.82) is 0 Å². The number of rotatable bonds is 6. The van der Waals surface area contributed by atoms with Gasteiger partial charge in [-0.05, 0) is 18.6 Å². The zero-order valence-corrected chi connectivity index (χ0v) is 10.2. The summed E-state index contributed by atoms with van der Waals surface area (Å²) in [7, 11) is 3.09. The Labute approximate surface area is 100 Å². The quantitative estimate of drug-likeness (QED) is 0.794. The number of carboxylic acids is 1. The number of anilines is 1. The van der Waals surface area contributed by atoms with E-state index in [2.05, 4.69) is 5.32 Å². The van der Waals surface area contributed by atoms with Gasteiger partial charge in [0.25, 0.3) is 0 Å². The highest BCUT2D eigenvalue weighted by atomic mass is 16.5. The van der Waals surface area contributed by atoms with Crippen molar-refractivity contribution in [3.63, 3.8) is 0 Å². The summed E-state index contributed by atoms with van der Waals surface area (Å²) in [4.78, 5) is 10.9. The number of hydrogen-bond acceptors (Lipinski definition) is 4. The van der Waals surface area contributed by atoms with Gasteiger partial charge in [-0.3, -0.25) is 0 Å². The molecule has 1 unspecified atom stereocenters. The lowest BCUT2D eigenvalue weighted by Crippen LogP contribution is -2.28. The Morgan fingerprint density at radius 3 is 2.59 bits per heavy atom. The molecule has 0 spiro atoms. The Morgan fingerprint density at radius 1 is 1.41 bits per heavy atom. The molecule has 0 aliphatic carbocycles. The molecule has 5 nitrogen and oxygen atoms in total. The van der Waals surface area contributed by atoms with Crippen LogP contribution in [0.15, 0.2) is 18.2 Å². The van der Waals surface area contributed by atoms with Gasteiger partial charge in [0.05, 0.1) is 19.9 Å². The summed E-state index contributed by atoms with van der Waals surface area (Å²) in [5, 5.41) is 11.9. The van der Waals surface area contributed by atoms with Gasteiger partial charge < -0.3 is 19.9 Å². The second-order valence-corrected chi connectivity index (χ2v) is 3.51. The third-order valence-corrected chi connectivity index (χ3v) is 2.44. The maximum absolute atomic E-state index is 10.9. The fourth-order valence-electron chi connectivity index (χ4n) is 1.44. The summed E-state index contributed by atoms with van der Waals surface area (Å²) in [5.41, 5.74) is 0.641. The van der Waals surface area contributed by atoms with E-state index in [0.29, 0.717) is 23.6 Å². The van der Waals surface area contributed by atoms with Gasteiger partial charge in [-0.25, -0.2) is 4.79 Å². The van der Waals surface area contributed by atoms with Crippen molar-refractivity contribution >= 4 is 11.7 Å². The molecule has 0 amide bonds. The van der Waals surface area contributed by atoms with Crippen LogP contribution in [0.5, 0.6) is 11.5 Å². The Morgan fingerprint density at radius 2 is 2.12 bits per heavy atom. The number of methoxy groups -OCH3 is 2. The number of carboxylic acid groups (broad SMARTS) is 1. The van der Waals surface area contributed by atoms with Crippen LogP contribution in [0.3, 0.4) is 0 Å². The first-order chi connectivity index (χ1) is 8.12. The van der Waals surface area contributed by atoms with E-state index in [1.807, 2.05) is 6.92 Å². The number of hydrogen-bond donors (Lipinski definition) is 2. The molecule has 5 heteroatoms. The molecule has 0 aromatic heterocycles. The fraction of sp³-hybridized carbons (Fsp3) is 0.417. The van der Waals surface area contributed by atoms with Crippen molar-refractivity contribution in [2.24, 2.45) is 0 Å². The summed E-state index contributed by atoms with van der Waals surface area (Å²) in [6.45, 7) is 1.81. The van der Waals surface area contributed by atoms with E-state index in [1.165, 1.54) is 7.11 Å². The lowest BCUT2D eigenvalue weighted by atomic mass is 10.2. The number of nitrogens with one attached hydrogen (secondary N) is 1. The second-order valence-electron chi connectivity index (χ2n) is 3.51. The van der Waals surface area contributed by atoms with Crippen molar-refractivity contribution in [1.82, 2.24) is 0 Å². The second kappa shape index (κ2) is 5.98. The Hall–Kier alpha value is -1.91. The Balaban J connectivity index is 2.93. The molecular formula is C12H17NO4. The van der Waals surface area contributed by atoms with E-state index in [1.54, 1.807) is 25.3 Å². The van der Waals surface area contributed by atoms with Crippen LogP contribution in [0.1, 0.15) is 13.3 Å². The van der Waals surface area contributed by atoms with Gasteiger partial charge in [-0.1, -0.05) is 6.92 Å². The van der Waals surface area contributed by atoms with Crippen molar-refractivity contribution < 1.29 is 19.4 Å². The van der Waals surface area contributed by atoms with E-state index in [4.69, 9.17) is 14.6 Å². The van der Waals surface area contributed by atoms with Gasteiger partial charge in [-0.15, -0.1) is 0 Å². The van der Waals surface area contributed by atoms with Gasteiger partial charge in [0.15, 0.2) is 0 Å². The summed E-state index contributed by atoms with van der Waals surface area (Å²) >= 11 is 0. The van der Waals surface area contributed by atoms with Crippen LogP contribution in [-0.2, 0) is 4.79 Å². The van der Waals surface area contributed by atoms with Gasteiger partial charge in [0, 0.05) is 6.07 Å². The average molecular weight is 239 g/mol. The minimum Gasteiger partial charge on any atom is -0.497 e. The van der Waals surface area contributed by atoms with Crippen molar-refractivity contribution in [2.75, 3.05) is 19.5 Å². The van der Waals surface area contributed by atoms with E-state index in [-0.39, 0.29) is 0 Å². The molecule has 1 atom stereocenters. The number of ether oxygens (including phenoxy) is 2. The standard InChI is InChI=1S/C12H17NO4/c1-4-9(12(14)15)13-10-6-5-8(16-2)7-11(10)17-3/h5-7,9,13H,4H2,1-3H3,(H,14,15). The van der Waals surface area contributed by atoms with Crippen LogP contribution in [-0.4, -0.2) is 31.3 Å². The molecule has 1 aromatic rings. The molecule has 0 heterocycles. The lowest BCUT2D eigenvalue weighted by molar-refractivity contribution is -0.137. The predicted molar refractivity (Wildman–Crippen MR) is 64.9 cm³/mol. The molecular weight excluding hydrogens is 222 g/mol. The van der Waals surface area contributed by atoms with E-state index < -0.39 is 12.0 Å². The first-order valence-corrected chi connectivity index (χ1v) is 5.33. The number of benzene rings is 1. The molecule has 0 saturated heterocycles. The van der Waals surface area contributed by atoms with Crippen molar-refractivity contribution in [2.45, 2.75) is 19.4 Å². The molecule has 0 fully saturated rings. The predicted octanol–water partition coefficient (Wildman–Crippen LogP) is 1.98. The van der Waals surface area contributed by atoms with Crippen LogP contribution < -0.4 is 14.8 Å². The smallest absolute Gasteiger partial charge is 0.326 e. The maximum atomic E-state index is 10.9. The van der Waals surface area contributed by atoms with Crippen LogP contribution >= 0.6 is 0 Å². The normalized spacial score (nSPS) is 11.7. The molecule has 17 heavy (non-hydrogen) atoms. The van der Waals surface area contributed by atoms with Crippen LogP contribution in [0, 0.1) is 0 Å². The van der Waals surface area contributed by atoms with Crippen molar-refractivity contribution in [3.8, 4) is 11.5 Å². The minimum absolute atomic E-state index is 0.491. The molecule has 0 radical (unpaired) electrons. The molecule has 1 aromatic carbocycles. The van der Waals surface area contributed by atoms with Crippen LogP contribution in [0.4, 0.5) is 5.69 Å². The first-order valence-electron chi connectivity index (χ1n) is 5.33. The van der Waals surface area contributed by atoms with E-state index in [0.717, 1.165) is 0 Å². The molecule has 2 N–H and O–H groups in total. The highest BCUT2D eigenvalue weighted by molar-refractivity contribution is 5.78. The molecule has 1 rings (SSSR count). The topological polar surface area (TPSA) is 67.8 Å². The molecule has 0 bridgehead atoms. The van der Waals surface area contributed by atoms with Crippen LogP contribution in [0.25, 0.3) is 0 Å². The zero-order valence-electron chi connectivity index (χ0n) is 10.2. The van der Waals surface area contributed by atoms with Gasteiger partial charge in [-0.2, -0.15) is 0 Å². The van der Waals surface area contributed by atoms with Crippen LogP contribution in [0.2, 0.25) is 0 Å². The third kappa shape index (κ3) is 3.27. The minimum atomic E-state index is -0.884. The molecule has 0 aliphatic rings. The molecule has 94 valence electrons.